The number of anilines is 2. The van der Waals surface area contributed by atoms with Crippen molar-refractivity contribution in [2.45, 2.75) is 13.0 Å². The molecule has 4 rings (SSSR count). The van der Waals surface area contributed by atoms with Gasteiger partial charge in [0.15, 0.2) is 5.82 Å². The minimum Gasteiger partial charge on any atom is -0.488 e. The van der Waals surface area contributed by atoms with Gasteiger partial charge < -0.3 is 24.8 Å². The quantitative estimate of drug-likeness (QED) is 0.399. The summed E-state index contributed by atoms with van der Waals surface area (Å²) in [5.74, 6) is 7.10. The average molecular weight is 518 g/mol. The van der Waals surface area contributed by atoms with Crippen molar-refractivity contribution in [3.05, 3.63) is 71.4 Å². The minimum atomic E-state index is -0.288. The lowest BCUT2D eigenvalue weighted by atomic mass is 10.1. The van der Waals surface area contributed by atoms with Crippen LogP contribution in [0.2, 0.25) is 0 Å². The van der Waals surface area contributed by atoms with Crippen molar-refractivity contribution in [3.63, 3.8) is 0 Å². The second-order valence-electron chi connectivity index (χ2n) is 9.17. The molecule has 1 amide bonds. The smallest absolute Gasteiger partial charge is 0.257 e. The van der Waals surface area contributed by atoms with Crippen molar-refractivity contribution in [1.82, 2.24) is 14.7 Å². The van der Waals surface area contributed by atoms with E-state index in [1.54, 1.807) is 43.2 Å². The van der Waals surface area contributed by atoms with E-state index in [-0.39, 0.29) is 12.0 Å². The average Bonchev–Trinajstić information content (AvgIpc) is 3.33. The van der Waals surface area contributed by atoms with Gasteiger partial charge in [-0.15, -0.1) is 0 Å². The number of nitrogens with zero attached hydrogens (tertiary/aromatic N) is 3. The van der Waals surface area contributed by atoms with Crippen LogP contribution in [-0.4, -0.2) is 79.8 Å². The third kappa shape index (κ3) is 8.35. The number of nitrogens with one attached hydrogen (secondary N) is 2. The maximum Gasteiger partial charge on any atom is 0.257 e. The van der Waals surface area contributed by atoms with E-state index in [4.69, 9.17) is 14.2 Å². The van der Waals surface area contributed by atoms with E-state index in [1.165, 1.54) is 0 Å². The fraction of sp³-hybridized carbons (Fsp3) is 0.379. The Balaban J connectivity index is 1.44. The zero-order valence-electron chi connectivity index (χ0n) is 22.2. The predicted molar refractivity (Wildman–Crippen MR) is 148 cm³/mol. The molecular formula is C29H35N5O4. The minimum absolute atomic E-state index is 0.182. The van der Waals surface area contributed by atoms with Crippen LogP contribution < -0.4 is 15.4 Å². The molecule has 3 aromatic rings. The zero-order chi connectivity index (χ0) is 26.7. The number of rotatable bonds is 10. The summed E-state index contributed by atoms with van der Waals surface area (Å²) in [6.45, 7) is 7.80. The van der Waals surface area contributed by atoms with Crippen LogP contribution in [0.4, 0.5) is 11.5 Å². The summed E-state index contributed by atoms with van der Waals surface area (Å²) in [4.78, 5) is 15.3. The molecule has 2 N–H and O–H groups in total. The molecule has 0 bridgehead atoms. The largest absolute Gasteiger partial charge is 0.488 e. The second kappa shape index (κ2) is 13.6. The van der Waals surface area contributed by atoms with Crippen LogP contribution >= 0.6 is 0 Å². The van der Waals surface area contributed by atoms with Gasteiger partial charge in [0.1, 0.15) is 11.9 Å². The van der Waals surface area contributed by atoms with Crippen LogP contribution in [0.3, 0.4) is 0 Å². The molecule has 0 unspecified atom stereocenters. The van der Waals surface area contributed by atoms with E-state index in [9.17, 15) is 4.79 Å². The lowest BCUT2D eigenvalue weighted by Gasteiger charge is -2.26. The van der Waals surface area contributed by atoms with Crippen LogP contribution in [-0.2, 0) is 16.5 Å². The van der Waals surface area contributed by atoms with Crippen molar-refractivity contribution in [3.8, 4) is 17.6 Å². The van der Waals surface area contributed by atoms with Crippen molar-refractivity contribution >= 4 is 17.4 Å². The Morgan fingerprint density at radius 3 is 2.58 bits per heavy atom. The summed E-state index contributed by atoms with van der Waals surface area (Å²) >= 11 is 0. The van der Waals surface area contributed by atoms with E-state index in [0.717, 1.165) is 50.6 Å². The van der Waals surface area contributed by atoms with Crippen LogP contribution in [0.15, 0.2) is 54.7 Å². The number of amides is 1. The van der Waals surface area contributed by atoms with E-state index in [1.807, 2.05) is 37.3 Å². The molecule has 2 aromatic carbocycles. The molecule has 0 aliphatic carbocycles. The summed E-state index contributed by atoms with van der Waals surface area (Å²) < 4.78 is 18.2. The van der Waals surface area contributed by atoms with E-state index < -0.39 is 0 Å². The lowest BCUT2D eigenvalue weighted by Crippen LogP contribution is -2.38. The van der Waals surface area contributed by atoms with Gasteiger partial charge in [0, 0.05) is 75.0 Å². The monoisotopic (exact) mass is 517 g/mol. The SMILES string of the molecule is COC[C@H](C)Oc1cc(C#Cc2ccc(NCCN3CCOCC3)cc2)cc(C(=O)Nc2ccn(C)n2)c1. The van der Waals surface area contributed by atoms with Crippen molar-refractivity contribution in [2.75, 3.05) is 63.7 Å². The van der Waals surface area contributed by atoms with Gasteiger partial charge in [0.05, 0.1) is 19.8 Å². The molecule has 0 spiro atoms. The molecule has 1 atom stereocenters. The molecule has 9 nitrogen and oxygen atoms in total. The standard InChI is InChI=1S/C29H35N5O4/c1-22(21-36-3)38-27-19-24(18-25(20-27)29(35)31-28-10-12-33(2)32-28)5-4-23-6-8-26(9-7-23)30-11-13-34-14-16-37-17-15-34/h6-10,12,18-20,22,30H,11,13-17,21H2,1-3H3,(H,31,32,35)/t22-/m0/s1. The maximum atomic E-state index is 12.9. The highest BCUT2D eigenvalue weighted by Gasteiger charge is 2.13. The summed E-state index contributed by atoms with van der Waals surface area (Å²) in [7, 11) is 3.42. The summed E-state index contributed by atoms with van der Waals surface area (Å²) in [5, 5.41) is 10.5. The van der Waals surface area contributed by atoms with Gasteiger partial charge in [-0.3, -0.25) is 14.4 Å². The van der Waals surface area contributed by atoms with Gasteiger partial charge >= 0.3 is 0 Å². The van der Waals surface area contributed by atoms with Crippen LogP contribution in [0, 0.1) is 11.8 Å². The lowest BCUT2D eigenvalue weighted by molar-refractivity contribution is 0.0398. The van der Waals surface area contributed by atoms with E-state index in [2.05, 4.69) is 32.5 Å². The van der Waals surface area contributed by atoms with Gasteiger partial charge in [-0.05, 0) is 49.4 Å². The number of hydrogen-bond acceptors (Lipinski definition) is 7. The van der Waals surface area contributed by atoms with Gasteiger partial charge in [-0.2, -0.15) is 5.10 Å². The first-order valence-electron chi connectivity index (χ1n) is 12.8. The predicted octanol–water partition coefficient (Wildman–Crippen LogP) is 3.23. The van der Waals surface area contributed by atoms with Crippen molar-refractivity contribution in [1.29, 1.82) is 0 Å². The molecule has 1 aromatic heterocycles. The first kappa shape index (κ1) is 27.2. The molecule has 1 fully saturated rings. The van der Waals surface area contributed by atoms with Crippen molar-refractivity contribution in [2.24, 2.45) is 7.05 Å². The highest BCUT2D eigenvalue weighted by Crippen LogP contribution is 2.20. The first-order chi connectivity index (χ1) is 18.5. The Morgan fingerprint density at radius 2 is 1.87 bits per heavy atom. The maximum absolute atomic E-state index is 12.9. The number of ether oxygens (including phenoxy) is 3. The molecule has 1 saturated heterocycles. The number of benzene rings is 2. The van der Waals surface area contributed by atoms with Crippen molar-refractivity contribution < 1.29 is 19.0 Å². The van der Waals surface area contributed by atoms with Crippen LogP contribution in [0.5, 0.6) is 5.75 Å². The number of aryl methyl sites for hydroxylation is 1. The van der Waals surface area contributed by atoms with Gasteiger partial charge in [0.2, 0.25) is 0 Å². The summed E-state index contributed by atoms with van der Waals surface area (Å²) in [6.07, 6.45) is 1.59. The first-order valence-corrected chi connectivity index (χ1v) is 12.8. The Morgan fingerprint density at radius 1 is 1.11 bits per heavy atom. The van der Waals surface area contributed by atoms with Gasteiger partial charge in [-0.1, -0.05) is 11.8 Å². The molecule has 1 aliphatic heterocycles. The Hall–Kier alpha value is -3.84. The Labute approximate surface area is 224 Å². The number of morpholine rings is 1. The van der Waals surface area contributed by atoms with Crippen LogP contribution in [0.1, 0.15) is 28.4 Å². The third-order valence-electron chi connectivity index (χ3n) is 5.96. The third-order valence-corrected chi connectivity index (χ3v) is 5.96. The Kier molecular flexibility index (Phi) is 9.76. The molecule has 200 valence electrons. The number of aromatic nitrogens is 2. The highest BCUT2D eigenvalue weighted by molar-refractivity contribution is 6.04. The van der Waals surface area contributed by atoms with E-state index >= 15 is 0 Å². The molecule has 9 heteroatoms. The summed E-state index contributed by atoms with van der Waals surface area (Å²) in [6, 6.07) is 15.0. The number of carbonyl (C=O) groups is 1. The van der Waals surface area contributed by atoms with Crippen LogP contribution in [0.25, 0.3) is 0 Å². The van der Waals surface area contributed by atoms with Gasteiger partial charge in [-0.25, -0.2) is 0 Å². The number of methoxy groups -OCH3 is 1. The molecule has 38 heavy (non-hydrogen) atoms. The fourth-order valence-electron chi connectivity index (χ4n) is 4.04. The molecule has 0 saturated carbocycles. The molecule has 0 radical (unpaired) electrons. The Bertz CT molecular complexity index is 1260. The number of carbonyl (C=O) groups excluding carboxylic acids is 1. The van der Waals surface area contributed by atoms with Gasteiger partial charge in [0.25, 0.3) is 5.91 Å². The van der Waals surface area contributed by atoms with E-state index in [0.29, 0.717) is 29.3 Å². The topological polar surface area (TPSA) is 89.9 Å². The molecule has 2 heterocycles. The summed E-state index contributed by atoms with van der Waals surface area (Å²) in [5.41, 5.74) is 3.04. The number of hydrogen-bond donors (Lipinski definition) is 2. The molecule has 1 aliphatic rings. The fourth-order valence-corrected chi connectivity index (χ4v) is 4.04. The highest BCUT2D eigenvalue weighted by atomic mass is 16.5. The normalized spacial score (nSPS) is 14.3. The zero-order valence-corrected chi connectivity index (χ0v) is 22.2. The second-order valence-corrected chi connectivity index (χ2v) is 9.17. The molecular weight excluding hydrogens is 482 g/mol.